The van der Waals surface area contributed by atoms with Crippen LogP contribution in [0.4, 0.5) is 10.7 Å². The van der Waals surface area contributed by atoms with Crippen molar-refractivity contribution >= 4 is 45.7 Å². The monoisotopic (exact) mass is 511 g/mol. The van der Waals surface area contributed by atoms with Gasteiger partial charge >= 0.3 is 0 Å². The van der Waals surface area contributed by atoms with Crippen LogP contribution >= 0.6 is 22.9 Å². The number of hydrogen-bond acceptors (Lipinski definition) is 6. The molecule has 0 unspecified atom stereocenters. The third-order valence-corrected chi connectivity index (χ3v) is 8.20. The first kappa shape index (κ1) is 23.8. The van der Waals surface area contributed by atoms with Crippen LogP contribution in [0, 0.1) is 10.1 Å². The van der Waals surface area contributed by atoms with E-state index in [1.807, 2.05) is 0 Å². The third-order valence-electron chi connectivity index (χ3n) is 6.68. The van der Waals surface area contributed by atoms with Crippen LogP contribution in [0.5, 0.6) is 0 Å². The number of thiophene rings is 1. The topological polar surface area (TPSA) is 97.7 Å². The third kappa shape index (κ3) is 5.18. The largest absolute Gasteiger partial charge is 0.455 e. The predicted molar refractivity (Wildman–Crippen MR) is 138 cm³/mol. The number of rotatable bonds is 6. The molecule has 5 rings (SSSR count). The lowest BCUT2D eigenvalue weighted by molar-refractivity contribution is -0.384. The molecular weight excluding hydrogens is 486 g/mol. The van der Waals surface area contributed by atoms with E-state index >= 15 is 0 Å². The standard InChI is InChI=1S/C26H26ClN3O4S/c27-21-14-17(30(32)33)10-12-19(21)22-13-11-18(34-22)15-28-26-24(20-8-4-5-9-23(20)35-26)25(31)29-16-6-2-1-3-7-16/h10-16H,1-9H2,(H,29,31). The van der Waals surface area contributed by atoms with Gasteiger partial charge in [0.1, 0.15) is 16.5 Å². The normalized spacial score (nSPS) is 16.4. The number of benzene rings is 1. The van der Waals surface area contributed by atoms with Crippen molar-refractivity contribution in [2.45, 2.75) is 63.8 Å². The van der Waals surface area contributed by atoms with Crippen molar-refractivity contribution in [3.63, 3.8) is 0 Å². The van der Waals surface area contributed by atoms with E-state index < -0.39 is 4.92 Å². The minimum Gasteiger partial charge on any atom is -0.455 e. The van der Waals surface area contributed by atoms with Crippen LogP contribution in [0.1, 0.15) is 71.5 Å². The van der Waals surface area contributed by atoms with Crippen molar-refractivity contribution in [1.82, 2.24) is 5.32 Å². The molecule has 0 spiro atoms. The van der Waals surface area contributed by atoms with E-state index in [0.29, 0.717) is 17.1 Å². The van der Waals surface area contributed by atoms with Crippen molar-refractivity contribution < 1.29 is 14.1 Å². The summed E-state index contributed by atoms with van der Waals surface area (Å²) in [6.07, 6.45) is 11.4. The highest BCUT2D eigenvalue weighted by Gasteiger charge is 2.27. The fourth-order valence-electron chi connectivity index (χ4n) is 4.89. The van der Waals surface area contributed by atoms with Crippen LogP contribution in [0.3, 0.4) is 0 Å². The fraction of sp³-hybridized carbons (Fsp3) is 0.385. The van der Waals surface area contributed by atoms with Gasteiger partial charge in [-0.25, -0.2) is 4.99 Å². The number of carbonyl (C=O) groups excluding carboxylic acids is 1. The molecule has 3 aromatic rings. The predicted octanol–water partition coefficient (Wildman–Crippen LogP) is 7.26. The summed E-state index contributed by atoms with van der Waals surface area (Å²) in [6.45, 7) is 0. The summed E-state index contributed by atoms with van der Waals surface area (Å²) in [7, 11) is 0. The molecular formula is C26H26ClN3O4S. The average Bonchev–Trinajstić information content (AvgIpc) is 3.47. The summed E-state index contributed by atoms with van der Waals surface area (Å²) in [5, 5.41) is 15.2. The van der Waals surface area contributed by atoms with Crippen LogP contribution in [0.25, 0.3) is 11.3 Å². The van der Waals surface area contributed by atoms with E-state index in [0.717, 1.165) is 67.5 Å². The number of aliphatic imine (C=N–C) groups is 1. The highest BCUT2D eigenvalue weighted by atomic mass is 35.5. The second-order valence-electron chi connectivity index (χ2n) is 9.08. The zero-order valence-corrected chi connectivity index (χ0v) is 20.8. The first-order valence-electron chi connectivity index (χ1n) is 12.0. The molecule has 182 valence electrons. The minimum atomic E-state index is -0.488. The molecule has 1 fully saturated rings. The van der Waals surface area contributed by atoms with Crippen molar-refractivity contribution in [2.75, 3.05) is 0 Å². The van der Waals surface area contributed by atoms with Crippen LogP contribution < -0.4 is 5.32 Å². The maximum atomic E-state index is 13.3. The zero-order chi connectivity index (χ0) is 24.4. The Labute approximate surface area is 212 Å². The SMILES string of the molecule is O=C(NC1CCCCC1)c1c(N=Cc2ccc(-c3ccc([N+](=O)[O-])cc3Cl)o2)sc2c1CCCC2. The Hall–Kier alpha value is -2.97. The van der Waals surface area contributed by atoms with Gasteiger partial charge in [-0.05, 0) is 62.3 Å². The smallest absolute Gasteiger partial charge is 0.270 e. The first-order chi connectivity index (χ1) is 17.0. The summed E-state index contributed by atoms with van der Waals surface area (Å²) < 4.78 is 5.90. The highest BCUT2D eigenvalue weighted by molar-refractivity contribution is 7.16. The van der Waals surface area contributed by atoms with Gasteiger partial charge in [0.25, 0.3) is 11.6 Å². The number of carbonyl (C=O) groups is 1. The quantitative estimate of drug-likeness (QED) is 0.214. The molecule has 1 aromatic carbocycles. The fourth-order valence-corrected chi connectivity index (χ4v) is 6.39. The molecule has 1 amide bonds. The van der Waals surface area contributed by atoms with Gasteiger partial charge in [-0.15, -0.1) is 11.3 Å². The molecule has 0 atom stereocenters. The molecule has 35 heavy (non-hydrogen) atoms. The summed E-state index contributed by atoms with van der Waals surface area (Å²) in [5.41, 5.74) is 2.36. The molecule has 1 saturated carbocycles. The van der Waals surface area contributed by atoms with Gasteiger partial charge < -0.3 is 9.73 Å². The second kappa shape index (κ2) is 10.3. The molecule has 0 radical (unpaired) electrons. The van der Waals surface area contributed by atoms with E-state index in [1.165, 1.54) is 23.4 Å². The van der Waals surface area contributed by atoms with Crippen LogP contribution in [0.2, 0.25) is 5.02 Å². The maximum absolute atomic E-state index is 13.3. The van der Waals surface area contributed by atoms with E-state index in [4.69, 9.17) is 16.0 Å². The Morgan fingerprint density at radius 3 is 2.71 bits per heavy atom. The molecule has 0 bridgehead atoms. The molecule has 1 N–H and O–H groups in total. The number of nitro benzene ring substituents is 1. The van der Waals surface area contributed by atoms with E-state index in [9.17, 15) is 14.9 Å². The summed E-state index contributed by atoms with van der Waals surface area (Å²) in [4.78, 5) is 29.7. The molecule has 7 nitrogen and oxygen atoms in total. The lowest BCUT2D eigenvalue weighted by Crippen LogP contribution is -2.36. The number of nitrogens with one attached hydrogen (secondary N) is 1. The van der Waals surface area contributed by atoms with Gasteiger partial charge in [0, 0.05) is 28.6 Å². The van der Waals surface area contributed by atoms with Crippen molar-refractivity contribution in [1.29, 1.82) is 0 Å². The van der Waals surface area contributed by atoms with E-state index in [-0.39, 0.29) is 22.7 Å². The molecule has 0 aliphatic heterocycles. The first-order valence-corrected chi connectivity index (χ1v) is 13.2. The van der Waals surface area contributed by atoms with E-state index in [2.05, 4.69) is 10.3 Å². The molecule has 2 aliphatic carbocycles. The number of nitro groups is 1. The number of furan rings is 1. The van der Waals surface area contributed by atoms with Gasteiger partial charge in [0.15, 0.2) is 0 Å². The Balaban J connectivity index is 1.39. The van der Waals surface area contributed by atoms with Crippen molar-refractivity contribution in [2.24, 2.45) is 4.99 Å². The van der Waals surface area contributed by atoms with Crippen LogP contribution in [-0.4, -0.2) is 23.1 Å². The van der Waals surface area contributed by atoms with Crippen molar-refractivity contribution in [3.05, 3.63) is 67.2 Å². The second-order valence-corrected chi connectivity index (χ2v) is 10.6. The molecule has 2 aliphatic rings. The number of amides is 1. The van der Waals surface area contributed by atoms with Gasteiger partial charge in [0.05, 0.1) is 21.7 Å². The van der Waals surface area contributed by atoms with Crippen molar-refractivity contribution in [3.8, 4) is 11.3 Å². The van der Waals surface area contributed by atoms with Gasteiger partial charge in [-0.3, -0.25) is 14.9 Å². The number of fused-ring (bicyclic) bond motifs is 1. The Kier molecular flexibility index (Phi) is 7.02. The van der Waals surface area contributed by atoms with Gasteiger partial charge in [-0.2, -0.15) is 0 Å². The Morgan fingerprint density at radius 2 is 1.94 bits per heavy atom. The highest BCUT2D eigenvalue weighted by Crippen LogP contribution is 2.40. The van der Waals surface area contributed by atoms with Gasteiger partial charge in [0.2, 0.25) is 0 Å². The number of hydrogen-bond donors (Lipinski definition) is 1. The average molecular weight is 512 g/mol. The number of aryl methyl sites for hydroxylation is 1. The molecule has 2 heterocycles. The summed E-state index contributed by atoms with van der Waals surface area (Å²) >= 11 is 7.84. The lowest BCUT2D eigenvalue weighted by Gasteiger charge is -2.23. The van der Waals surface area contributed by atoms with E-state index in [1.54, 1.807) is 35.8 Å². The van der Waals surface area contributed by atoms with Crippen LogP contribution in [0.15, 0.2) is 39.7 Å². The van der Waals surface area contributed by atoms with Crippen LogP contribution in [-0.2, 0) is 12.8 Å². The molecule has 2 aromatic heterocycles. The Morgan fingerprint density at radius 1 is 1.14 bits per heavy atom. The molecule has 9 heteroatoms. The summed E-state index contributed by atoms with van der Waals surface area (Å²) in [5.74, 6) is 0.993. The number of halogens is 1. The number of non-ortho nitro benzene ring substituents is 1. The van der Waals surface area contributed by atoms with Gasteiger partial charge in [-0.1, -0.05) is 30.9 Å². The zero-order valence-electron chi connectivity index (χ0n) is 19.2. The minimum absolute atomic E-state index is 0.0127. The lowest BCUT2D eigenvalue weighted by atomic mass is 9.93. The maximum Gasteiger partial charge on any atom is 0.270 e. The molecule has 0 saturated heterocycles. The Bertz CT molecular complexity index is 1290. The number of nitrogens with zero attached hydrogens (tertiary/aromatic N) is 2. The summed E-state index contributed by atoms with van der Waals surface area (Å²) in [6, 6.07) is 8.04.